The molecule has 0 aromatic heterocycles. The number of para-hydroxylation sites is 2. The summed E-state index contributed by atoms with van der Waals surface area (Å²) in [4.78, 5) is 51.2. The van der Waals surface area contributed by atoms with Crippen LogP contribution in [0, 0.1) is 12.7 Å². The molecule has 35 heavy (non-hydrogen) atoms. The van der Waals surface area contributed by atoms with Gasteiger partial charge in [0.2, 0.25) is 0 Å². The predicted molar refractivity (Wildman–Crippen MR) is 127 cm³/mol. The Morgan fingerprint density at radius 3 is 2.43 bits per heavy atom. The number of halogens is 1. The van der Waals surface area contributed by atoms with Crippen LogP contribution >= 0.6 is 0 Å². The number of barbiturate groups is 1. The fourth-order valence-corrected chi connectivity index (χ4v) is 3.45. The van der Waals surface area contributed by atoms with Gasteiger partial charge in [0, 0.05) is 11.3 Å². The second-order valence-electron chi connectivity index (χ2n) is 7.63. The number of nitrogens with one attached hydrogen (secondary N) is 2. The second-order valence-corrected chi connectivity index (χ2v) is 7.63. The van der Waals surface area contributed by atoms with Crippen LogP contribution in [0.2, 0.25) is 0 Å². The first-order valence-corrected chi connectivity index (χ1v) is 10.6. The van der Waals surface area contributed by atoms with Crippen molar-refractivity contribution < 1.29 is 28.3 Å². The SMILES string of the molecule is Cc1ccccc1N1C(=O)NC(=O)/C(=C\c2ccccc2OCC(=O)Nc2ccc(F)cc2)C1=O. The summed E-state index contributed by atoms with van der Waals surface area (Å²) in [5.74, 6) is -2.29. The molecule has 1 saturated heterocycles. The average Bonchev–Trinajstić information content (AvgIpc) is 2.83. The smallest absolute Gasteiger partial charge is 0.335 e. The van der Waals surface area contributed by atoms with Crippen LogP contribution in [0.1, 0.15) is 11.1 Å². The van der Waals surface area contributed by atoms with E-state index in [2.05, 4.69) is 10.6 Å². The lowest BCUT2D eigenvalue weighted by atomic mass is 10.1. The standard InChI is InChI=1S/C26H20FN3O5/c1-16-6-2-4-8-21(16)30-25(33)20(24(32)29-26(30)34)14-17-7-3-5-9-22(17)35-15-23(31)28-19-12-10-18(27)11-13-19/h2-14H,15H2,1H3,(H,28,31)(H,29,32,34)/b20-14+. The number of aryl methyl sites for hydroxylation is 1. The molecule has 0 radical (unpaired) electrons. The number of amides is 5. The highest BCUT2D eigenvalue weighted by Gasteiger charge is 2.37. The zero-order chi connectivity index (χ0) is 24.9. The molecule has 176 valence electrons. The second kappa shape index (κ2) is 10.0. The first kappa shape index (κ1) is 23.4. The Labute approximate surface area is 200 Å². The van der Waals surface area contributed by atoms with Crippen LogP contribution in [0.15, 0.2) is 78.4 Å². The Morgan fingerprint density at radius 2 is 1.69 bits per heavy atom. The summed E-state index contributed by atoms with van der Waals surface area (Å²) in [6.45, 7) is 1.38. The van der Waals surface area contributed by atoms with E-state index in [9.17, 15) is 23.6 Å². The summed E-state index contributed by atoms with van der Waals surface area (Å²) in [6.07, 6.45) is 1.31. The third-order valence-corrected chi connectivity index (χ3v) is 5.16. The molecule has 0 aliphatic carbocycles. The van der Waals surface area contributed by atoms with Gasteiger partial charge in [-0.25, -0.2) is 14.1 Å². The zero-order valence-electron chi connectivity index (χ0n) is 18.6. The summed E-state index contributed by atoms with van der Waals surface area (Å²) >= 11 is 0. The van der Waals surface area contributed by atoms with Crippen molar-refractivity contribution in [2.45, 2.75) is 6.92 Å². The summed E-state index contributed by atoms with van der Waals surface area (Å²) in [6, 6.07) is 17.8. The van der Waals surface area contributed by atoms with Crippen LogP contribution in [-0.4, -0.2) is 30.4 Å². The molecule has 2 N–H and O–H groups in total. The Hall–Kier alpha value is -4.79. The third kappa shape index (κ3) is 5.25. The monoisotopic (exact) mass is 473 g/mol. The minimum absolute atomic E-state index is 0.245. The van der Waals surface area contributed by atoms with E-state index in [4.69, 9.17) is 4.74 Å². The van der Waals surface area contributed by atoms with Crippen LogP contribution in [0.3, 0.4) is 0 Å². The van der Waals surface area contributed by atoms with Gasteiger partial charge in [-0.2, -0.15) is 0 Å². The Morgan fingerprint density at radius 1 is 1.00 bits per heavy atom. The third-order valence-electron chi connectivity index (χ3n) is 5.16. The summed E-state index contributed by atoms with van der Waals surface area (Å²) in [5.41, 5.74) is 1.54. The van der Waals surface area contributed by atoms with Crippen molar-refractivity contribution in [3.05, 3.63) is 95.3 Å². The highest BCUT2D eigenvalue weighted by molar-refractivity contribution is 6.39. The molecule has 9 heteroatoms. The van der Waals surface area contributed by atoms with Crippen molar-refractivity contribution in [1.82, 2.24) is 5.32 Å². The fourth-order valence-electron chi connectivity index (χ4n) is 3.45. The van der Waals surface area contributed by atoms with Crippen LogP contribution in [0.4, 0.5) is 20.6 Å². The maximum absolute atomic E-state index is 13.2. The van der Waals surface area contributed by atoms with Gasteiger partial charge in [0.1, 0.15) is 17.1 Å². The number of ether oxygens (including phenoxy) is 1. The van der Waals surface area contributed by atoms with E-state index in [1.807, 2.05) is 0 Å². The van der Waals surface area contributed by atoms with E-state index in [0.717, 1.165) is 4.90 Å². The number of anilines is 2. The van der Waals surface area contributed by atoms with Crippen molar-refractivity contribution in [1.29, 1.82) is 0 Å². The van der Waals surface area contributed by atoms with Crippen LogP contribution in [-0.2, 0) is 14.4 Å². The van der Waals surface area contributed by atoms with Gasteiger partial charge in [-0.1, -0.05) is 36.4 Å². The number of imide groups is 2. The molecule has 3 aromatic rings. The molecule has 1 fully saturated rings. The first-order valence-electron chi connectivity index (χ1n) is 10.6. The van der Waals surface area contributed by atoms with E-state index >= 15 is 0 Å². The van der Waals surface area contributed by atoms with Gasteiger partial charge >= 0.3 is 6.03 Å². The molecule has 0 saturated carbocycles. The number of nitrogens with zero attached hydrogens (tertiary/aromatic N) is 1. The number of urea groups is 1. The Kier molecular flexibility index (Phi) is 6.68. The number of benzene rings is 3. The molecular formula is C26H20FN3O5. The Bertz CT molecular complexity index is 1350. The van der Waals surface area contributed by atoms with Crippen LogP contribution < -0.4 is 20.3 Å². The van der Waals surface area contributed by atoms with Gasteiger partial charge in [0.15, 0.2) is 6.61 Å². The molecule has 4 rings (SSSR count). The molecule has 5 amide bonds. The molecule has 1 aliphatic rings. The van der Waals surface area contributed by atoms with Gasteiger partial charge in [-0.3, -0.25) is 19.7 Å². The van der Waals surface area contributed by atoms with Crippen molar-refractivity contribution in [3.63, 3.8) is 0 Å². The number of hydrogen-bond acceptors (Lipinski definition) is 5. The molecular weight excluding hydrogens is 453 g/mol. The predicted octanol–water partition coefficient (Wildman–Crippen LogP) is 3.82. The van der Waals surface area contributed by atoms with Crippen molar-refractivity contribution >= 4 is 41.2 Å². The van der Waals surface area contributed by atoms with Crippen molar-refractivity contribution in [3.8, 4) is 5.75 Å². The number of carbonyl (C=O) groups is 4. The molecule has 1 heterocycles. The number of rotatable bonds is 6. The van der Waals surface area contributed by atoms with Gasteiger partial charge < -0.3 is 10.1 Å². The molecule has 8 nitrogen and oxygen atoms in total. The van der Waals surface area contributed by atoms with Gasteiger partial charge in [-0.15, -0.1) is 0 Å². The molecule has 1 aliphatic heterocycles. The van der Waals surface area contributed by atoms with E-state index in [1.54, 1.807) is 55.5 Å². The van der Waals surface area contributed by atoms with E-state index in [-0.39, 0.29) is 17.9 Å². The van der Waals surface area contributed by atoms with E-state index in [1.165, 1.54) is 30.3 Å². The summed E-state index contributed by atoms with van der Waals surface area (Å²) in [5, 5.41) is 4.76. The molecule has 0 bridgehead atoms. The van der Waals surface area contributed by atoms with Crippen molar-refractivity contribution in [2.75, 3.05) is 16.8 Å². The Balaban J connectivity index is 1.55. The average molecular weight is 473 g/mol. The molecule has 0 atom stereocenters. The number of carbonyl (C=O) groups excluding carboxylic acids is 4. The molecule has 3 aromatic carbocycles. The maximum atomic E-state index is 13.2. The summed E-state index contributed by atoms with van der Waals surface area (Å²) in [7, 11) is 0. The largest absolute Gasteiger partial charge is 0.483 e. The van der Waals surface area contributed by atoms with Crippen molar-refractivity contribution in [2.24, 2.45) is 0 Å². The summed E-state index contributed by atoms with van der Waals surface area (Å²) < 4.78 is 18.6. The van der Waals surface area contributed by atoms with Crippen LogP contribution in [0.5, 0.6) is 5.75 Å². The minimum Gasteiger partial charge on any atom is -0.483 e. The zero-order valence-corrected chi connectivity index (χ0v) is 18.6. The van der Waals surface area contributed by atoms with Crippen LogP contribution in [0.25, 0.3) is 6.08 Å². The maximum Gasteiger partial charge on any atom is 0.335 e. The lowest BCUT2D eigenvalue weighted by Gasteiger charge is -2.27. The lowest BCUT2D eigenvalue weighted by molar-refractivity contribution is -0.122. The normalized spacial score (nSPS) is 14.6. The fraction of sp³-hybridized carbons (Fsp3) is 0.0769. The first-order chi connectivity index (χ1) is 16.8. The van der Waals surface area contributed by atoms with E-state index < -0.39 is 29.6 Å². The van der Waals surface area contributed by atoms with Gasteiger partial charge in [0.05, 0.1) is 5.69 Å². The number of hydrogen-bond donors (Lipinski definition) is 2. The molecule has 0 unspecified atom stereocenters. The quantitative estimate of drug-likeness (QED) is 0.418. The van der Waals surface area contributed by atoms with E-state index in [0.29, 0.717) is 22.5 Å². The van der Waals surface area contributed by atoms with Gasteiger partial charge in [0.25, 0.3) is 17.7 Å². The van der Waals surface area contributed by atoms with Gasteiger partial charge in [-0.05, 0) is 55.0 Å². The lowest BCUT2D eigenvalue weighted by Crippen LogP contribution is -2.54. The highest BCUT2D eigenvalue weighted by atomic mass is 19.1. The molecule has 0 spiro atoms. The topological polar surface area (TPSA) is 105 Å². The minimum atomic E-state index is -0.839. The highest BCUT2D eigenvalue weighted by Crippen LogP contribution is 2.27.